The Balaban J connectivity index is 2.08. The van der Waals surface area contributed by atoms with Crippen LogP contribution in [-0.2, 0) is 14.3 Å². The Morgan fingerprint density at radius 2 is 2.24 bits per heavy atom. The van der Waals surface area contributed by atoms with Gasteiger partial charge in [0.25, 0.3) is 11.5 Å². The Kier molecular flexibility index (Phi) is 4.74. The highest BCUT2D eigenvalue weighted by Gasteiger charge is 2.28. The number of esters is 1. The summed E-state index contributed by atoms with van der Waals surface area (Å²) < 4.78 is 10.0. The molecule has 0 radical (unpaired) electrons. The lowest BCUT2D eigenvalue weighted by Gasteiger charge is -2.32. The normalized spacial score (nSPS) is 18.4. The van der Waals surface area contributed by atoms with Crippen molar-refractivity contribution in [1.29, 1.82) is 0 Å². The van der Waals surface area contributed by atoms with Crippen molar-refractivity contribution in [1.82, 2.24) is 9.88 Å². The van der Waals surface area contributed by atoms with E-state index in [-0.39, 0.29) is 30.4 Å². The summed E-state index contributed by atoms with van der Waals surface area (Å²) in [6.07, 6.45) is -0.315. The van der Waals surface area contributed by atoms with E-state index in [0.717, 1.165) is 0 Å². The zero-order valence-electron chi connectivity index (χ0n) is 12.0. The summed E-state index contributed by atoms with van der Waals surface area (Å²) in [4.78, 5) is 39.6. The molecule has 21 heavy (non-hydrogen) atoms. The summed E-state index contributed by atoms with van der Waals surface area (Å²) in [6.45, 7) is 2.74. The van der Waals surface area contributed by atoms with Crippen LogP contribution >= 0.6 is 0 Å². The van der Waals surface area contributed by atoms with E-state index < -0.39 is 11.7 Å². The van der Waals surface area contributed by atoms with E-state index in [0.29, 0.717) is 18.8 Å². The van der Waals surface area contributed by atoms with Crippen molar-refractivity contribution in [2.45, 2.75) is 19.4 Å². The molecular formula is C14H18N2O5. The van der Waals surface area contributed by atoms with Gasteiger partial charge in [-0.15, -0.1) is 0 Å². The highest BCUT2D eigenvalue weighted by molar-refractivity contribution is 5.94. The van der Waals surface area contributed by atoms with Gasteiger partial charge in [-0.25, -0.2) is 0 Å². The van der Waals surface area contributed by atoms with Crippen molar-refractivity contribution >= 4 is 11.9 Å². The summed E-state index contributed by atoms with van der Waals surface area (Å²) in [5.41, 5.74) is 0.387. The van der Waals surface area contributed by atoms with Crippen LogP contribution in [0.5, 0.6) is 0 Å². The number of hydrogen-bond acceptors (Lipinski definition) is 5. The van der Waals surface area contributed by atoms with Crippen molar-refractivity contribution in [3.8, 4) is 0 Å². The quantitative estimate of drug-likeness (QED) is 0.798. The Bertz CT molecular complexity index is 595. The second-order valence-electron chi connectivity index (χ2n) is 4.91. The molecule has 1 saturated heterocycles. The van der Waals surface area contributed by atoms with Crippen LogP contribution in [0.15, 0.2) is 16.9 Å². The fraction of sp³-hybridized carbons (Fsp3) is 0.500. The zero-order chi connectivity index (χ0) is 15.4. The summed E-state index contributed by atoms with van der Waals surface area (Å²) >= 11 is 0. The van der Waals surface area contributed by atoms with Gasteiger partial charge < -0.3 is 19.4 Å². The van der Waals surface area contributed by atoms with E-state index in [1.165, 1.54) is 18.1 Å². The second-order valence-corrected chi connectivity index (χ2v) is 4.91. The molecule has 1 unspecified atom stereocenters. The number of morpholine rings is 1. The predicted molar refractivity (Wildman–Crippen MR) is 74.1 cm³/mol. The van der Waals surface area contributed by atoms with Gasteiger partial charge in [-0.1, -0.05) is 0 Å². The van der Waals surface area contributed by atoms with Gasteiger partial charge in [0.2, 0.25) is 0 Å². The van der Waals surface area contributed by atoms with Crippen LogP contribution < -0.4 is 5.56 Å². The second kappa shape index (κ2) is 6.53. The number of amides is 1. The van der Waals surface area contributed by atoms with Gasteiger partial charge in [-0.05, 0) is 19.1 Å². The SMILES string of the molecule is COC(=O)CC1CN(C(=O)c2ccc(C)[nH]c2=O)CCO1. The molecule has 0 spiro atoms. The van der Waals surface area contributed by atoms with Crippen LogP contribution in [0.2, 0.25) is 0 Å². The number of H-pyrrole nitrogens is 1. The molecule has 0 saturated carbocycles. The van der Waals surface area contributed by atoms with Gasteiger partial charge in [-0.3, -0.25) is 14.4 Å². The third kappa shape index (κ3) is 3.69. The molecule has 7 nitrogen and oxygen atoms in total. The fourth-order valence-corrected chi connectivity index (χ4v) is 2.21. The molecule has 0 aliphatic carbocycles. The maximum atomic E-state index is 12.4. The standard InChI is InChI=1S/C14H18N2O5/c1-9-3-4-11(13(18)15-9)14(19)16-5-6-21-10(8-16)7-12(17)20-2/h3-4,10H,5-8H2,1-2H3,(H,15,18). The smallest absolute Gasteiger partial charge is 0.308 e. The van der Waals surface area contributed by atoms with E-state index in [1.807, 2.05) is 0 Å². The van der Waals surface area contributed by atoms with Crippen molar-refractivity contribution in [3.05, 3.63) is 33.7 Å². The molecule has 1 N–H and O–H groups in total. The van der Waals surface area contributed by atoms with Crippen molar-refractivity contribution in [2.75, 3.05) is 26.8 Å². The van der Waals surface area contributed by atoms with Crippen LogP contribution in [0.25, 0.3) is 0 Å². The number of carbonyl (C=O) groups excluding carboxylic acids is 2. The highest BCUT2D eigenvalue weighted by Crippen LogP contribution is 2.12. The molecule has 2 rings (SSSR count). The number of carbonyl (C=O) groups is 2. The molecule has 114 valence electrons. The Labute approximate surface area is 121 Å². The number of rotatable bonds is 3. The van der Waals surface area contributed by atoms with E-state index >= 15 is 0 Å². The maximum absolute atomic E-state index is 12.4. The minimum atomic E-state index is -0.406. The molecule has 1 atom stereocenters. The van der Waals surface area contributed by atoms with Gasteiger partial charge in [0.15, 0.2) is 0 Å². The average Bonchev–Trinajstić information content (AvgIpc) is 2.47. The lowest BCUT2D eigenvalue weighted by molar-refractivity contribution is -0.145. The molecule has 7 heteroatoms. The first-order chi connectivity index (χ1) is 10.0. The Morgan fingerprint density at radius 1 is 1.48 bits per heavy atom. The number of nitrogens with one attached hydrogen (secondary N) is 1. The van der Waals surface area contributed by atoms with E-state index in [4.69, 9.17) is 4.74 Å². The fourth-order valence-electron chi connectivity index (χ4n) is 2.21. The molecule has 0 bridgehead atoms. The third-order valence-corrected chi connectivity index (χ3v) is 3.33. The van der Waals surface area contributed by atoms with Crippen molar-refractivity contribution < 1.29 is 19.1 Å². The number of pyridine rings is 1. The number of methoxy groups -OCH3 is 1. The molecule has 0 aromatic carbocycles. The van der Waals surface area contributed by atoms with E-state index in [9.17, 15) is 14.4 Å². The van der Waals surface area contributed by atoms with Gasteiger partial charge in [0.05, 0.1) is 26.2 Å². The number of aromatic nitrogens is 1. The van der Waals surface area contributed by atoms with E-state index in [1.54, 1.807) is 13.0 Å². The van der Waals surface area contributed by atoms with Crippen LogP contribution in [0.4, 0.5) is 0 Å². The average molecular weight is 294 g/mol. The summed E-state index contributed by atoms with van der Waals surface area (Å²) in [7, 11) is 1.31. The number of ether oxygens (including phenoxy) is 2. The zero-order valence-corrected chi connectivity index (χ0v) is 12.0. The first-order valence-electron chi connectivity index (χ1n) is 6.69. The monoisotopic (exact) mass is 294 g/mol. The largest absolute Gasteiger partial charge is 0.469 e. The number of hydrogen-bond donors (Lipinski definition) is 1. The number of aromatic amines is 1. The van der Waals surface area contributed by atoms with E-state index in [2.05, 4.69) is 9.72 Å². The lowest BCUT2D eigenvalue weighted by atomic mass is 10.1. The van der Waals surface area contributed by atoms with Gasteiger partial charge in [0.1, 0.15) is 5.56 Å². The molecule has 1 aromatic heterocycles. The Morgan fingerprint density at radius 3 is 2.90 bits per heavy atom. The molecule has 1 aliphatic heterocycles. The minimum absolute atomic E-state index is 0.0878. The van der Waals surface area contributed by atoms with Crippen LogP contribution in [0, 0.1) is 6.92 Å². The predicted octanol–water partition coefficient (Wildman–Crippen LogP) is 0.0874. The molecular weight excluding hydrogens is 276 g/mol. The van der Waals surface area contributed by atoms with Crippen LogP contribution in [0.1, 0.15) is 22.5 Å². The van der Waals surface area contributed by atoms with Gasteiger partial charge >= 0.3 is 5.97 Å². The maximum Gasteiger partial charge on any atom is 0.308 e. The van der Waals surface area contributed by atoms with Gasteiger partial charge in [-0.2, -0.15) is 0 Å². The van der Waals surface area contributed by atoms with Gasteiger partial charge in [0, 0.05) is 18.8 Å². The van der Waals surface area contributed by atoms with Crippen molar-refractivity contribution in [2.24, 2.45) is 0 Å². The molecule has 1 aliphatic rings. The van der Waals surface area contributed by atoms with Crippen LogP contribution in [-0.4, -0.2) is 54.7 Å². The Hall–Kier alpha value is -2.15. The van der Waals surface area contributed by atoms with Crippen molar-refractivity contribution in [3.63, 3.8) is 0 Å². The molecule has 1 fully saturated rings. The lowest BCUT2D eigenvalue weighted by Crippen LogP contribution is -2.47. The molecule has 2 heterocycles. The topological polar surface area (TPSA) is 88.7 Å². The minimum Gasteiger partial charge on any atom is -0.469 e. The number of nitrogens with zero attached hydrogens (tertiary/aromatic N) is 1. The highest BCUT2D eigenvalue weighted by atomic mass is 16.5. The summed E-state index contributed by atoms with van der Waals surface area (Å²) in [5, 5.41) is 0. The molecule has 1 aromatic rings. The number of aryl methyl sites for hydroxylation is 1. The first-order valence-corrected chi connectivity index (χ1v) is 6.69. The first kappa shape index (κ1) is 15.2. The molecule has 1 amide bonds. The van der Waals surface area contributed by atoms with Crippen LogP contribution in [0.3, 0.4) is 0 Å². The third-order valence-electron chi connectivity index (χ3n) is 3.33. The summed E-state index contributed by atoms with van der Waals surface area (Å²) in [6, 6.07) is 3.20. The summed E-state index contributed by atoms with van der Waals surface area (Å²) in [5.74, 6) is -0.739.